The van der Waals surface area contributed by atoms with Crippen molar-refractivity contribution in [2.24, 2.45) is 0 Å². The summed E-state index contributed by atoms with van der Waals surface area (Å²) in [5.41, 5.74) is 3.52. The van der Waals surface area contributed by atoms with Crippen molar-refractivity contribution in [3.05, 3.63) is 58.7 Å². The average molecular weight is 296 g/mol. The maximum absolute atomic E-state index is 12.9. The molecule has 0 radical (unpaired) electrons. The number of ether oxygens (including phenoxy) is 2. The molecule has 2 aromatic rings. The first-order valence-corrected chi connectivity index (χ1v) is 7.64. The number of carbonyl (C=O) groups excluding carboxylic acids is 1. The van der Waals surface area contributed by atoms with Gasteiger partial charge in [-0.3, -0.25) is 4.79 Å². The van der Waals surface area contributed by atoms with Crippen LogP contribution in [0.4, 0.5) is 0 Å². The summed E-state index contributed by atoms with van der Waals surface area (Å²) in [6.07, 6.45) is 3.10. The van der Waals surface area contributed by atoms with Gasteiger partial charge in [-0.15, -0.1) is 0 Å². The molecule has 2 aromatic carbocycles. The third kappa shape index (κ3) is 2.84. The van der Waals surface area contributed by atoms with E-state index in [1.807, 2.05) is 31.2 Å². The molecule has 0 spiro atoms. The quantitative estimate of drug-likeness (QED) is 0.805. The predicted molar refractivity (Wildman–Crippen MR) is 86.0 cm³/mol. The summed E-state index contributed by atoms with van der Waals surface area (Å²) in [4.78, 5) is 12.9. The van der Waals surface area contributed by atoms with Gasteiger partial charge in [0.1, 0.15) is 11.5 Å². The Labute approximate surface area is 130 Å². The fraction of sp³-hybridized carbons (Fsp3) is 0.316. The van der Waals surface area contributed by atoms with E-state index < -0.39 is 0 Å². The van der Waals surface area contributed by atoms with Gasteiger partial charge in [0.25, 0.3) is 0 Å². The van der Waals surface area contributed by atoms with Crippen molar-refractivity contribution < 1.29 is 14.3 Å². The second kappa shape index (κ2) is 6.22. The molecule has 0 atom stereocenters. The number of carbonyl (C=O) groups is 1. The number of hydrogen-bond acceptors (Lipinski definition) is 3. The Bertz CT molecular complexity index is 704. The molecule has 0 saturated carbocycles. The highest BCUT2D eigenvalue weighted by Gasteiger charge is 2.20. The van der Waals surface area contributed by atoms with E-state index >= 15 is 0 Å². The Morgan fingerprint density at radius 3 is 2.86 bits per heavy atom. The third-order valence-electron chi connectivity index (χ3n) is 3.97. The van der Waals surface area contributed by atoms with E-state index in [0.717, 1.165) is 36.1 Å². The van der Waals surface area contributed by atoms with E-state index in [-0.39, 0.29) is 5.78 Å². The zero-order chi connectivity index (χ0) is 15.5. The van der Waals surface area contributed by atoms with E-state index in [9.17, 15) is 4.79 Å². The summed E-state index contributed by atoms with van der Waals surface area (Å²) >= 11 is 0. The van der Waals surface area contributed by atoms with Gasteiger partial charge < -0.3 is 9.47 Å². The van der Waals surface area contributed by atoms with Crippen LogP contribution in [-0.2, 0) is 6.42 Å². The van der Waals surface area contributed by atoms with Crippen LogP contribution in [0, 0.1) is 6.92 Å². The molecule has 0 fully saturated rings. The lowest BCUT2D eigenvalue weighted by Crippen LogP contribution is -2.08. The highest BCUT2D eigenvalue weighted by Crippen LogP contribution is 2.32. The first kappa shape index (κ1) is 14.6. The summed E-state index contributed by atoms with van der Waals surface area (Å²) < 4.78 is 11.1. The Balaban J connectivity index is 2.06. The second-order valence-corrected chi connectivity index (χ2v) is 5.67. The van der Waals surface area contributed by atoms with Crippen LogP contribution >= 0.6 is 0 Å². The highest BCUT2D eigenvalue weighted by molar-refractivity contribution is 6.11. The molecule has 0 unspecified atom stereocenters. The summed E-state index contributed by atoms with van der Waals surface area (Å²) in [6, 6.07) is 11.3. The van der Waals surface area contributed by atoms with Crippen molar-refractivity contribution >= 4 is 5.78 Å². The van der Waals surface area contributed by atoms with E-state index in [1.54, 1.807) is 13.2 Å². The maximum Gasteiger partial charge on any atom is 0.196 e. The Morgan fingerprint density at radius 1 is 1.18 bits per heavy atom. The normalized spacial score (nSPS) is 13.7. The molecule has 1 heterocycles. The van der Waals surface area contributed by atoms with Crippen LogP contribution in [0.25, 0.3) is 0 Å². The molecule has 1 aliphatic heterocycles. The summed E-state index contributed by atoms with van der Waals surface area (Å²) in [6.45, 7) is 2.70. The fourth-order valence-corrected chi connectivity index (χ4v) is 2.88. The third-order valence-corrected chi connectivity index (χ3v) is 3.97. The number of fused-ring (bicyclic) bond motifs is 1. The smallest absolute Gasteiger partial charge is 0.196 e. The number of ketones is 1. The number of methoxy groups -OCH3 is 1. The summed E-state index contributed by atoms with van der Waals surface area (Å²) in [7, 11) is 1.60. The highest BCUT2D eigenvalue weighted by atomic mass is 16.5. The molecule has 0 aliphatic carbocycles. The molecule has 3 nitrogen and oxygen atoms in total. The van der Waals surface area contributed by atoms with Crippen LogP contribution in [-0.4, -0.2) is 19.5 Å². The molecule has 114 valence electrons. The van der Waals surface area contributed by atoms with Gasteiger partial charge >= 0.3 is 0 Å². The minimum atomic E-state index is -0.0132. The lowest BCUT2D eigenvalue weighted by molar-refractivity contribution is 0.103. The van der Waals surface area contributed by atoms with Gasteiger partial charge in [-0.25, -0.2) is 0 Å². The first-order chi connectivity index (χ1) is 10.7. The molecular weight excluding hydrogens is 276 g/mol. The summed E-state index contributed by atoms with van der Waals surface area (Å²) in [5.74, 6) is 1.43. The molecule has 22 heavy (non-hydrogen) atoms. The molecule has 1 aliphatic rings. The lowest BCUT2D eigenvalue weighted by Gasteiger charge is -2.14. The molecule has 3 heteroatoms. The molecule has 0 amide bonds. The number of rotatable bonds is 3. The Morgan fingerprint density at radius 2 is 2.05 bits per heavy atom. The van der Waals surface area contributed by atoms with Gasteiger partial charge in [0, 0.05) is 5.56 Å². The molecule has 3 rings (SSSR count). The van der Waals surface area contributed by atoms with Gasteiger partial charge in [0.05, 0.1) is 19.3 Å². The van der Waals surface area contributed by atoms with Crippen molar-refractivity contribution in [3.63, 3.8) is 0 Å². The average Bonchev–Trinajstić information content (AvgIpc) is 2.78. The number of benzene rings is 2. The number of hydrogen-bond donors (Lipinski definition) is 0. The van der Waals surface area contributed by atoms with Crippen molar-refractivity contribution in [1.29, 1.82) is 0 Å². The second-order valence-electron chi connectivity index (χ2n) is 5.67. The minimum absolute atomic E-state index is 0.0132. The van der Waals surface area contributed by atoms with Crippen LogP contribution in [0.5, 0.6) is 11.5 Å². The van der Waals surface area contributed by atoms with Gasteiger partial charge in [0.15, 0.2) is 5.78 Å². The Kier molecular flexibility index (Phi) is 4.14. The van der Waals surface area contributed by atoms with E-state index in [1.165, 1.54) is 0 Å². The largest absolute Gasteiger partial charge is 0.497 e. The standard InChI is InChI=1S/C19H20O3/c1-13-10-15-6-3-4-9-22-19(15)17(11-13)18(20)14-7-5-8-16(12-14)21-2/h5,7-8,10-12H,3-4,6,9H2,1-2H3. The van der Waals surface area contributed by atoms with Crippen LogP contribution in [0.3, 0.4) is 0 Å². The van der Waals surface area contributed by atoms with E-state index in [0.29, 0.717) is 23.5 Å². The molecule has 0 N–H and O–H groups in total. The van der Waals surface area contributed by atoms with Crippen LogP contribution in [0.15, 0.2) is 36.4 Å². The topological polar surface area (TPSA) is 35.5 Å². The van der Waals surface area contributed by atoms with Crippen molar-refractivity contribution in [2.75, 3.05) is 13.7 Å². The van der Waals surface area contributed by atoms with Crippen molar-refractivity contribution in [2.45, 2.75) is 26.2 Å². The van der Waals surface area contributed by atoms with Gasteiger partial charge in [0.2, 0.25) is 0 Å². The minimum Gasteiger partial charge on any atom is -0.497 e. The molecule has 0 aromatic heterocycles. The number of aryl methyl sites for hydroxylation is 2. The van der Waals surface area contributed by atoms with Crippen LogP contribution in [0.1, 0.15) is 39.9 Å². The predicted octanol–water partition coefficient (Wildman–Crippen LogP) is 3.95. The zero-order valence-corrected chi connectivity index (χ0v) is 13.0. The van der Waals surface area contributed by atoms with Crippen LogP contribution in [0.2, 0.25) is 0 Å². The van der Waals surface area contributed by atoms with Crippen LogP contribution < -0.4 is 9.47 Å². The van der Waals surface area contributed by atoms with Gasteiger partial charge in [-0.05, 0) is 55.5 Å². The summed E-state index contributed by atoms with van der Waals surface area (Å²) in [5, 5.41) is 0. The van der Waals surface area contributed by atoms with Crippen molar-refractivity contribution in [3.8, 4) is 11.5 Å². The zero-order valence-electron chi connectivity index (χ0n) is 13.0. The molecule has 0 bridgehead atoms. The molecular formula is C19H20O3. The lowest BCUT2D eigenvalue weighted by atomic mass is 9.96. The van der Waals surface area contributed by atoms with Gasteiger partial charge in [-0.2, -0.15) is 0 Å². The van der Waals surface area contributed by atoms with E-state index in [4.69, 9.17) is 9.47 Å². The SMILES string of the molecule is COc1cccc(C(=O)c2cc(C)cc3c2OCCCC3)c1. The molecule has 0 saturated heterocycles. The Hall–Kier alpha value is -2.29. The van der Waals surface area contributed by atoms with E-state index in [2.05, 4.69) is 6.07 Å². The monoisotopic (exact) mass is 296 g/mol. The van der Waals surface area contributed by atoms with Gasteiger partial charge in [-0.1, -0.05) is 18.2 Å². The first-order valence-electron chi connectivity index (χ1n) is 7.64. The van der Waals surface area contributed by atoms with Crippen molar-refractivity contribution in [1.82, 2.24) is 0 Å². The maximum atomic E-state index is 12.9. The fourth-order valence-electron chi connectivity index (χ4n) is 2.88.